The summed E-state index contributed by atoms with van der Waals surface area (Å²) in [7, 11) is 0. The van der Waals surface area contributed by atoms with Gasteiger partial charge in [-0.2, -0.15) is 0 Å². The molecule has 0 bridgehead atoms. The third kappa shape index (κ3) is 5.47. The number of carbonyl (C=O) groups is 1. The summed E-state index contributed by atoms with van der Waals surface area (Å²) >= 11 is 0. The molecule has 2 heterocycles. The molecule has 1 aliphatic heterocycles. The number of rotatable bonds is 7. The SMILES string of the molecule is O=C(NCC(O)c1ccco1)NCC1CCCN1CC1CCCCC1. The maximum atomic E-state index is 12.0. The molecule has 1 saturated carbocycles. The highest BCUT2D eigenvalue weighted by Gasteiger charge is 2.27. The minimum absolute atomic E-state index is 0.149. The predicted octanol–water partition coefficient (Wildman–Crippen LogP) is 2.66. The van der Waals surface area contributed by atoms with Crippen LogP contribution >= 0.6 is 0 Å². The zero-order valence-corrected chi connectivity index (χ0v) is 15.0. The number of nitrogens with one attached hydrogen (secondary N) is 2. The summed E-state index contributed by atoms with van der Waals surface area (Å²) in [5.74, 6) is 1.31. The molecule has 0 spiro atoms. The van der Waals surface area contributed by atoms with Crippen LogP contribution in [0.4, 0.5) is 4.79 Å². The lowest BCUT2D eigenvalue weighted by molar-refractivity contribution is 0.147. The first-order valence-electron chi connectivity index (χ1n) is 9.69. The van der Waals surface area contributed by atoms with Gasteiger partial charge < -0.3 is 20.2 Å². The number of hydrogen-bond acceptors (Lipinski definition) is 4. The van der Waals surface area contributed by atoms with E-state index in [1.165, 1.54) is 51.3 Å². The summed E-state index contributed by atoms with van der Waals surface area (Å²) in [4.78, 5) is 14.6. The van der Waals surface area contributed by atoms with E-state index in [9.17, 15) is 9.90 Å². The molecule has 25 heavy (non-hydrogen) atoms. The van der Waals surface area contributed by atoms with Gasteiger partial charge in [-0.15, -0.1) is 0 Å². The normalized spacial score (nSPS) is 23.5. The standard InChI is InChI=1S/C19H31N3O3/c23-17(18-9-5-11-25-18)13-21-19(24)20-12-16-8-4-10-22(16)14-15-6-2-1-3-7-15/h5,9,11,15-17,23H,1-4,6-8,10,12-14H2,(H2,20,21,24). The second kappa shape index (κ2) is 9.25. The molecule has 3 N–H and O–H groups in total. The first-order chi connectivity index (χ1) is 12.2. The Hall–Kier alpha value is -1.53. The van der Waals surface area contributed by atoms with E-state index in [1.807, 2.05) is 0 Å². The van der Waals surface area contributed by atoms with Crippen LogP contribution in [0.15, 0.2) is 22.8 Å². The number of likely N-dealkylation sites (tertiary alicyclic amines) is 1. The van der Waals surface area contributed by atoms with Crippen molar-refractivity contribution in [2.75, 3.05) is 26.2 Å². The Morgan fingerprint density at radius 1 is 1.24 bits per heavy atom. The van der Waals surface area contributed by atoms with E-state index in [1.54, 1.807) is 12.1 Å². The smallest absolute Gasteiger partial charge is 0.314 e. The van der Waals surface area contributed by atoms with Crippen LogP contribution < -0.4 is 10.6 Å². The molecule has 1 aliphatic carbocycles. The van der Waals surface area contributed by atoms with Crippen LogP contribution in [0.3, 0.4) is 0 Å². The lowest BCUT2D eigenvalue weighted by Gasteiger charge is -2.31. The molecule has 2 amide bonds. The third-order valence-corrected chi connectivity index (χ3v) is 5.54. The number of amides is 2. The van der Waals surface area contributed by atoms with E-state index < -0.39 is 6.10 Å². The minimum Gasteiger partial charge on any atom is -0.467 e. The highest BCUT2D eigenvalue weighted by atomic mass is 16.4. The lowest BCUT2D eigenvalue weighted by atomic mass is 9.89. The van der Waals surface area contributed by atoms with Crippen LogP contribution in [0.1, 0.15) is 56.8 Å². The summed E-state index contributed by atoms with van der Waals surface area (Å²) in [5, 5.41) is 15.6. The number of nitrogens with zero attached hydrogens (tertiary/aromatic N) is 1. The first-order valence-corrected chi connectivity index (χ1v) is 9.69. The zero-order chi connectivity index (χ0) is 17.5. The third-order valence-electron chi connectivity index (χ3n) is 5.54. The summed E-state index contributed by atoms with van der Waals surface area (Å²) in [5.41, 5.74) is 0. The quantitative estimate of drug-likeness (QED) is 0.707. The number of aliphatic hydroxyl groups excluding tert-OH is 1. The molecule has 0 aromatic carbocycles. The van der Waals surface area contributed by atoms with Gasteiger partial charge in [0.15, 0.2) is 0 Å². The topological polar surface area (TPSA) is 77.7 Å². The summed E-state index contributed by atoms with van der Waals surface area (Å²) in [6, 6.07) is 3.64. The van der Waals surface area contributed by atoms with E-state index in [0.29, 0.717) is 18.3 Å². The molecule has 2 atom stereocenters. The Morgan fingerprint density at radius 2 is 2.08 bits per heavy atom. The van der Waals surface area contributed by atoms with Crippen LogP contribution in [-0.4, -0.2) is 48.3 Å². The lowest BCUT2D eigenvalue weighted by Crippen LogP contribution is -2.45. The Balaban J connectivity index is 1.35. The van der Waals surface area contributed by atoms with Crippen LogP contribution in [0, 0.1) is 5.92 Å². The van der Waals surface area contributed by atoms with Gasteiger partial charge in [0.25, 0.3) is 0 Å². The number of hydrogen-bond donors (Lipinski definition) is 3. The van der Waals surface area contributed by atoms with Crippen molar-refractivity contribution >= 4 is 6.03 Å². The van der Waals surface area contributed by atoms with Crippen molar-refractivity contribution in [1.29, 1.82) is 0 Å². The van der Waals surface area contributed by atoms with Crippen molar-refractivity contribution < 1.29 is 14.3 Å². The summed E-state index contributed by atoms with van der Waals surface area (Å²) < 4.78 is 5.13. The van der Waals surface area contributed by atoms with Gasteiger partial charge in [-0.05, 0) is 50.3 Å². The van der Waals surface area contributed by atoms with Crippen molar-refractivity contribution in [2.24, 2.45) is 5.92 Å². The molecule has 2 aliphatic rings. The van der Waals surface area contributed by atoms with Crippen LogP contribution in [0.5, 0.6) is 0 Å². The van der Waals surface area contributed by atoms with Crippen molar-refractivity contribution in [3.8, 4) is 0 Å². The van der Waals surface area contributed by atoms with E-state index in [-0.39, 0.29) is 12.6 Å². The van der Waals surface area contributed by atoms with Gasteiger partial charge in [0.05, 0.1) is 12.8 Å². The number of furan rings is 1. The van der Waals surface area contributed by atoms with Gasteiger partial charge in [-0.25, -0.2) is 4.79 Å². The average Bonchev–Trinajstić information content (AvgIpc) is 3.31. The monoisotopic (exact) mass is 349 g/mol. The fourth-order valence-electron chi connectivity index (χ4n) is 4.11. The first kappa shape index (κ1) is 18.3. The molecule has 3 rings (SSSR count). The Morgan fingerprint density at radius 3 is 2.84 bits per heavy atom. The maximum Gasteiger partial charge on any atom is 0.314 e. The van der Waals surface area contributed by atoms with E-state index in [4.69, 9.17) is 4.42 Å². The van der Waals surface area contributed by atoms with Crippen molar-refractivity contribution in [3.63, 3.8) is 0 Å². The van der Waals surface area contributed by atoms with E-state index in [0.717, 1.165) is 18.9 Å². The van der Waals surface area contributed by atoms with Gasteiger partial charge in [0, 0.05) is 19.1 Å². The minimum atomic E-state index is -0.810. The fourth-order valence-corrected chi connectivity index (χ4v) is 4.11. The Labute approximate surface area is 150 Å². The van der Waals surface area contributed by atoms with Crippen LogP contribution in [0.2, 0.25) is 0 Å². The average molecular weight is 349 g/mol. The molecule has 1 aromatic heterocycles. The van der Waals surface area contributed by atoms with Crippen LogP contribution in [0.25, 0.3) is 0 Å². The number of urea groups is 1. The Bertz CT molecular complexity index is 514. The van der Waals surface area contributed by atoms with E-state index in [2.05, 4.69) is 15.5 Å². The molecule has 0 radical (unpaired) electrons. The Kier molecular flexibility index (Phi) is 6.76. The van der Waals surface area contributed by atoms with Crippen molar-refractivity contribution in [2.45, 2.75) is 57.1 Å². The van der Waals surface area contributed by atoms with Crippen molar-refractivity contribution in [3.05, 3.63) is 24.2 Å². The predicted molar refractivity (Wildman–Crippen MR) is 96.2 cm³/mol. The zero-order valence-electron chi connectivity index (χ0n) is 15.0. The molecule has 6 nitrogen and oxygen atoms in total. The second-order valence-electron chi connectivity index (χ2n) is 7.42. The number of aliphatic hydroxyl groups is 1. The summed E-state index contributed by atoms with van der Waals surface area (Å²) in [6.07, 6.45) is 9.95. The van der Waals surface area contributed by atoms with Gasteiger partial charge in [-0.1, -0.05) is 19.3 Å². The molecule has 140 valence electrons. The second-order valence-corrected chi connectivity index (χ2v) is 7.42. The molecule has 2 fully saturated rings. The molecule has 2 unspecified atom stereocenters. The molecular weight excluding hydrogens is 318 g/mol. The molecule has 1 saturated heterocycles. The van der Waals surface area contributed by atoms with Gasteiger partial charge >= 0.3 is 6.03 Å². The highest BCUT2D eigenvalue weighted by molar-refractivity contribution is 5.73. The van der Waals surface area contributed by atoms with E-state index >= 15 is 0 Å². The van der Waals surface area contributed by atoms with Crippen LogP contribution in [-0.2, 0) is 0 Å². The molecule has 6 heteroatoms. The van der Waals surface area contributed by atoms with Crippen molar-refractivity contribution in [1.82, 2.24) is 15.5 Å². The largest absolute Gasteiger partial charge is 0.467 e. The molecule has 1 aromatic rings. The fraction of sp³-hybridized carbons (Fsp3) is 0.737. The molecular formula is C19H31N3O3. The van der Waals surface area contributed by atoms with Gasteiger partial charge in [0.2, 0.25) is 0 Å². The maximum absolute atomic E-state index is 12.0. The number of carbonyl (C=O) groups excluding carboxylic acids is 1. The summed E-state index contributed by atoms with van der Waals surface area (Å²) in [6.45, 7) is 3.16. The van der Waals surface area contributed by atoms with Gasteiger partial charge in [0.1, 0.15) is 11.9 Å². The highest BCUT2D eigenvalue weighted by Crippen LogP contribution is 2.27. The van der Waals surface area contributed by atoms with Gasteiger partial charge in [-0.3, -0.25) is 4.90 Å².